The lowest BCUT2D eigenvalue weighted by Crippen LogP contribution is -1.95. The minimum absolute atomic E-state index is 0.413. The van der Waals surface area contributed by atoms with E-state index in [0.29, 0.717) is 17.9 Å². The van der Waals surface area contributed by atoms with Crippen LogP contribution in [-0.2, 0) is 11.4 Å². The predicted octanol–water partition coefficient (Wildman–Crippen LogP) is 3.24. The Kier molecular flexibility index (Phi) is 4.73. The zero-order valence-electron chi connectivity index (χ0n) is 11.2. The Morgan fingerprint density at radius 3 is 2.38 bits per heavy atom. The van der Waals surface area contributed by atoms with E-state index < -0.39 is 5.97 Å². The highest BCUT2D eigenvalue weighted by Gasteiger charge is 1.97. The number of aliphatic carboxylic acids is 1. The molecule has 0 atom stereocenters. The SMILES string of the molecule is N#Cc1ccc(COc2ccc(/C=C/C(=O)O)cc2)cc1. The number of nitriles is 1. The Hall–Kier alpha value is -3.06. The Balaban J connectivity index is 1.94. The lowest BCUT2D eigenvalue weighted by Gasteiger charge is -2.06. The number of ether oxygens (including phenoxy) is 1. The van der Waals surface area contributed by atoms with Crippen molar-refractivity contribution in [1.82, 2.24) is 0 Å². The molecule has 4 nitrogen and oxygen atoms in total. The third kappa shape index (κ3) is 4.51. The molecule has 2 aromatic rings. The number of nitrogens with zero attached hydrogens (tertiary/aromatic N) is 1. The van der Waals surface area contributed by atoms with Gasteiger partial charge in [-0.15, -0.1) is 0 Å². The van der Waals surface area contributed by atoms with E-state index in [9.17, 15) is 4.79 Å². The maximum Gasteiger partial charge on any atom is 0.328 e. The Labute approximate surface area is 122 Å². The van der Waals surface area contributed by atoms with Gasteiger partial charge in [-0.25, -0.2) is 4.79 Å². The highest BCUT2D eigenvalue weighted by atomic mass is 16.5. The van der Waals surface area contributed by atoms with Crippen molar-refractivity contribution in [3.8, 4) is 11.8 Å². The number of carbonyl (C=O) groups is 1. The first-order valence-corrected chi connectivity index (χ1v) is 6.30. The molecule has 21 heavy (non-hydrogen) atoms. The van der Waals surface area contributed by atoms with Gasteiger partial charge >= 0.3 is 5.97 Å². The molecule has 4 heteroatoms. The molecule has 0 aliphatic heterocycles. The summed E-state index contributed by atoms with van der Waals surface area (Å²) in [6.07, 6.45) is 2.61. The molecular formula is C17H13NO3. The molecule has 0 bridgehead atoms. The van der Waals surface area contributed by atoms with E-state index in [0.717, 1.165) is 17.2 Å². The molecule has 0 heterocycles. The average molecular weight is 279 g/mol. The van der Waals surface area contributed by atoms with Crippen LogP contribution in [0.15, 0.2) is 54.6 Å². The third-order valence-electron chi connectivity index (χ3n) is 2.79. The lowest BCUT2D eigenvalue weighted by atomic mass is 10.1. The number of rotatable bonds is 5. The van der Waals surface area contributed by atoms with E-state index in [1.165, 1.54) is 6.08 Å². The number of hydrogen-bond donors (Lipinski definition) is 1. The maximum atomic E-state index is 10.4. The van der Waals surface area contributed by atoms with Gasteiger partial charge in [-0.3, -0.25) is 0 Å². The van der Waals surface area contributed by atoms with Crippen LogP contribution < -0.4 is 4.74 Å². The fourth-order valence-electron chi connectivity index (χ4n) is 1.68. The topological polar surface area (TPSA) is 70.3 Å². The quantitative estimate of drug-likeness (QED) is 0.853. The van der Waals surface area contributed by atoms with Crippen LogP contribution in [0, 0.1) is 11.3 Å². The average Bonchev–Trinajstić information content (AvgIpc) is 2.52. The molecule has 1 N–H and O–H groups in total. The Morgan fingerprint density at radius 1 is 1.14 bits per heavy atom. The first-order valence-electron chi connectivity index (χ1n) is 6.30. The Morgan fingerprint density at radius 2 is 1.81 bits per heavy atom. The van der Waals surface area contributed by atoms with Crippen LogP contribution in [-0.4, -0.2) is 11.1 Å². The summed E-state index contributed by atoms with van der Waals surface area (Å²) in [5, 5.41) is 17.3. The summed E-state index contributed by atoms with van der Waals surface area (Å²) in [5.41, 5.74) is 2.39. The van der Waals surface area contributed by atoms with E-state index in [2.05, 4.69) is 6.07 Å². The maximum absolute atomic E-state index is 10.4. The number of carboxylic acid groups (broad SMARTS) is 1. The fraction of sp³-hybridized carbons (Fsp3) is 0.0588. The molecule has 0 unspecified atom stereocenters. The standard InChI is InChI=1S/C17H13NO3/c18-11-14-1-3-15(4-2-14)12-21-16-8-5-13(6-9-16)7-10-17(19)20/h1-10H,12H2,(H,19,20)/b10-7+. The van der Waals surface area contributed by atoms with E-state index in [-0.39, 0.29) is 0 Å². The number of carboxylic acids is 1. The molecule has 0 aliphatic rings. The van der Waals surface area contributed by atoms with Crippen LogP contribution in [0.4, 0.5) is 0 Å². The summed E-state index contributed by atoms with van der Waals surface area (Å²) in [7, 11) is 0. The van der Waals surface area contributed by atoms with Crippen LogP contribution in [0.3, 0.4) is 0 Å². The molecule has 0 aromatic heterocycles. The zero-order chi connectivity index (χ0) is 15.1. The van der Waals surface area contributed by atoms with Crippen LogP contribution in [0.1, 0.15) is 16.7 Å². The van der Waals surface area contributed by atoms with Gasteiger partial charge in [0.25, 0.3) is 0 Å². The largest absolute Gasteiger partial charge is 0.489 e. The smallest absolute Gasteiger partial charge is 0.328 e. The molecule has 0 aliphatic carbocycles. The highest BCUT2D eigenvalue weighted by Crippen LogP contribution is 2.15. The molecule has 2 rings (SSSR count). The number of benzene rings is 2. The van der Waals surface area contributed by atoms with Crippen LogP contribution in [0.5, 0.6) is 5.75 Å². The predicted molar refractivity (Wildman–Crippen MR) is 78.6 cm³/mol. The normalized spacial score (nSPS) is 10.2. The van der Waals surface area contributed by atoms with Gasteiger partial charge < -0.3 is 9.84 Å². The molecule has 0 amide bonds. The van der Waals surface area contributed by atoms with Crippen molar-refractivity contribution in [2.45, 2.75) is 6.61 Å². The molecule has 0 radical (unpaired) electrons. The van der Waals surface area contributed by atoms with Gasteiger partial charge in [0.2, 0.25) is 0 Å². The van der Waals surface area contributed by atoms with E-state index in [1.54, 1.807) is 36.4 Å². The first-order chi connectivity index (χ1) is 10.2. The fourth-order valence-corrected chi connectivity index (χ4v) is 1.68. The van der Waals surface area contributed by atoms with Crippen molar-refractivity contribution in [1.29, 1.82) is 5.26 Å². The highest BCUT2D eigenvalue weighted by molar-refractivity contribution is 5.85. The summed E-state index contributed by atoms with van der Waals surface area (Å²) in [4.78, 5) is 10.4. The van der Waals surface area contributed by atoms with Crippen molar-refractivity contribution >= 4 is 12.0 Å². The van der Waals surface area contributed by atoms with Gasteiger partial charge in [-0.2, -0.15) is 5.26 Å². The summed E-state index contributed by atoms with van der Waals surface area (Å²) >= 11 is 0. The van der Waals surface area contributed by atoms with Gasteiger partial charge in [0.1, 0.15) is 12.4 Å². The van der Waals surface area contributed by atoms with Crippen LogP contribution in [0.2, 0.25) is 0 Å². The zero-order valence-corrected chi connectivity index (χ0v) is 11.2. The molecule has 0 saturated heterocycles. The second-order valence-corrected chi connectivity index (χ2v) is 4.34. The van der Waals surface area contributed by atoms with Crippen LogP contribution >= 0.6 is 0 Å². The molecule has 0 spiro atoms. The summed E-state index contributed by atoms with van der Waals surface area (Å²) in [6, 6.07) is 16.4. The summed E-state index contributed by atoms with van der Waals surface area (Å²) < 4.78 is 5.62. The molecule has 0 fully saturated rings. The van der Waals surface area contributed by atoms with E-state index in [1.807, 2.05) is 12.1 Å². The van der Waals surface area contributed by atoms with Crippen LogP contribution in [0.25, 0.3) is 6.08 Å². The summed E-state index contributed by atoms with van der Waals surface area (Å²) in [5.74, 6) is -0.275. The molecule has 104 valence electrons. The lowest BCUT2D eigenvalue weighted by molar-refractivity contribution is -0.131. The van der Waals surface area contributed by atoms with Gasteiger partial charge in [0.15, 0.2) is 0 Å². The second kappa shape index (κ2) is 6.92. The van der Waals surface area contributed by atoms with E-state index >= 15 is 0 Å². The second-order valence-electron chi connectivity index (χ2n) is 4.34. The minimum atomic E-state index is -0.976. The van der Waals surface area contributed by atoms with Gasteiger partial charge in [-0.05, 0) is 41.5 Å². The van der Waals surface area contributed by atoms with Gasteiger partial charge in [-0.1, -0.05) is 24.3 Å². The number of hydrogen-bond acceptors (Lipinski definition) is 3. The van der Waals surface area contributed by atoms with E-state index in [4.69, 9.17) is 15.1 Å². The minimum Gasteiger partial charge on any atom is -0.489 e. The van der Waals surface area contributed by atoms with Gasteiger partial charge in [0.05, 0.1) is 11.6 Å². The summed E-state index contributed by atoms with van der Waals surface area (Å²) in [6.45, 7) is 0.413. The third-order valence-corrected chi connectivity index (χ3v) is 2.79. The Bertz CT molecular complexity index is 679. The van der Waals surface area contributed by atoms with Crippen molar-refractivity contribution in [3.05, 3.63) is 71.3 Å². The van der Waals surface area contributed by atoms with Crippen molar-refractivity contribution in [2.75, 3.05) is 0 Å². The molecule has 2 aromatic carbocycles. The van der Waals surface area contributed by atoms with Crippen molar-refractivity contribution in [2.24, 2.45) is 0 Å². The first kappa shape index (κ1) is 14.4. The monoisotopic (exact) mass is 279 g/mol. The molecule has 0 saturated carbocycles. The molecular weight excluding hydrogens is 266 g/mol. The van der Waals surface area contributed by atoms with Crippen molar-refractivity contribution < 1.29 is 14.6 Å². The van der Waals surface area contributed by atoms with Crippen molar-refractivity contribution in [3.63, 3.8) is 0 Å². The van der Waals surface area contributed by atoms with Gasteiger partial charge in [0, 0.05) is 6.08 Å².